The maximum atomic E-state index is 5.44. The van der Waals surface area contributed by atoms with Crippen LogP contribution in [0, 0.1) is 0 Å². The van der Waals surface area contributed by atoms with Gasteiger partial charge in [0.05, 0.1) is 13.1 Å². The molecule has 0 unspecified atom stereocenters. The normalized spacial score (nSPS) is 19.1. The highest BCUT2D eigenvalue weighted by Crippen LogP contribution is 2.15. The third-order valence-electron chi connectivity index (χ3n) is 3.39. The van der Waals surface area contributed by atoms with E-state index in [0.717, 1.165) is 25.5 Å². The molecule has 1 aromatic rings. The van der Waals surface area contributed by atoms with Gasteiger partial charge in [-0.25, -0.2) is 0 Å². The van der Waals surface area contributed by atoms with E-state index in [2.05, 4.69) is 34.0 Å². The fraction of sp³-hybridized carbons (Fsp3) is 0.818. The van der Waals surface area contributed by atoms with Crippen LogP contribution in [0.5, 0.6) is 0 Å². The van der Waals surface area contributed by atoms with Gasteiger partial charge in [0.1, 0.15) is 0 Å². The largest absolute Gasteiger partial charge is 0.338 e. The second kappa shape index (κ2) is 5.57. The minimum atomic E-state index is 0.310. The monoisotopic (exact) mass is 239 g/mol. The average Bonchev–Trinajstić information content (AvgIpc) is 2.77. The Balaban J connectivity index is 1.85. The number of aromatic nitrogens is 2. The van der Waals surface area contributed by atoms with E-state index in [1.54, 1.807) is 0 Å². The zero-order valence-electron chi connectivity index (χ0n) is 10.6. The molecule has 0 radical (unpaired) electrons. The Morgan fingerprint density at radius 1 is 1.47 bits per heavy atom. The van der Waals surface area contributed by atoms with Gasteiger partial charge < -0.3 is 15.2 Å². The first-order valence-corrected chi connectivity index (χ1v) is 6.09. The van der Waals surface area contributed by atoms with E-state index >= 15 is 0 Å². The second-order valence-corrected chi connectivity index (χ2v) is 4.76. The van der Waals surface area contributed by atoms with Crippen LogP contribution in [-0.2, 0) is 13.1 Å². The van der Waals surface area contributed by atoms with E-state index in [0.29, 0.717) is 18.5 Å². The summed E-state index contributed by atoms with van der Waals surface area (Å²) in [6.07, 6.45) is 2.41. The standard InChI is InChI=1S/C11H21N5O/c1-15-5-3-9(4-6-15)16(2)8-10-13-11(7-12)17-14-10/h9H,3-8,12H2,1-2H3. The van der Waals surface area contributed by atoms with Gasteiger partial charge in [0, 0.05) is 6.04 Å². The predicted molar refractivity (Wildman–Crippen MR) is 64.2 cm³/mol. The van der Waals surface area contributed by atoms with Gasteiger partial charge in [0.25, 0.3) is 0 Å². The summed E-state index contributed by atoms with van der Waals surface area (Å²) in [4.78, 5) is 8.89. The molecule has 0 atom stereocenters. The van der Waals surface area contributed by atoms with Crippen LogP contribution in [-0.4, -0.2) is 53.2 Å². The Morgan fingerprint density at radius 3 is 2.76 bits per heavy atom. The predicted octanol–water partition coefficient (Wildman–Crippen LogP) is 0.0543. The Kier molecular flexibility index (Phi) is 4.09. The van der Waals surface area contributed by atoms with E-state index in [4.69, 9.17) is 10.3 Å². The summed E-state index contributed by atoms with van der Waals surface area (Å²) in [6, 6.07) is 0.617. The molecule has 2 rings (SSSR count). The maximum absolute atomic E-state index is 5.44. The summed E-state index contributed by atoms with van der Waals surface area (Å²) in [7, 11) is 4.29. The molecule has 0 bridgehead atoms. The average molecular weight is 239 g/mol. The Hall–Kier alpha value is -0.980. The van der Waals surface area contributed by atoms with Gasteiger partial charge in [-0.05, 0) is 40.0 Å². The maximum Gasteiger partial charge on any atom is 0.240 e. The van der Waals surface area contributed by atoms with Gasteiger partial charge in [0.15, 0.2) is 5.82 Å². The van der Waals surface area contributed by atoms with Crippen molar-refractivity contribution in [2.24, 2.45) is 5.73 Å². The van der Waals surface area contributed by atoms with Crippen molar-refractivity contribution in [1.29, 1.82) is 0 Å². The van der Waals surface area contributed by atoms with E-state index in [1.165, 1.54) is 12.8 Å². The van der Waals surface area contributed by atoms with Gasteiger partial charge in [-0.3, -0.25) is 4.90 Å². The molecular formula is C11H21N5O. The van der Waals surface area contributed by atoms with Crippen molar-refractivity contribution in [3.05, 3.63) is 11.7 Å². The van der Waals surface area contributed by atoms with Crippen LogP contribution in [0.2, 0.25) is 0 Å². The van der Waals surface area contributed by atoms with E-state index < -0.39 is 0 Å². The first kappa shape index (κ1) is 12.5. The second-order valence-electron chi connectivity index (χ2n) is 4.76. The lowest BCUT2D eigenvalue weighted by molar-refractivity contribution is 0.136. The number of nitrogens with zero attached hydrogens (tertiary/aromatic N) is 4. The molecule has 1 fully saturated rings. The van der Waals surface area contributed by atoms with Crippen molar-refractivity contribution >= 4 is 0 Å². The van der Waals surface area contributed by atoms with Crippen molar-refractivity contribution in [2.45, 2.75) is 32.0 Å². The van der Waals surface area contributed by atoms with E-state index in [-0.39, 0.29) is 0 Å². The Labute approximate surface area is 102 Å². The van der Waals surface area contributed by atoms with Crippen molar-refractivity contribution in [2.75, 3.05) is 27.2 Å². The van der Waals surface area contributed by atoms with Gasteiger partial charge >= 0.3 is 0 Å². The molecule has 96 valence electrons. The number of piperidine rings is 1. The third kappa shape index (κ3) is 3.24. The minimum Gasteiger partial charge on any atom is -0.338 e. The lowest BCUT2D eigenvalue weighted by atomic mass is 10.0. The topological polar surface area (TPSA) is 71.4 Å². The third-order valence-corrected chi connectivity index (χ3v) is 3.39. The van der Waals surface area contributed by atoms with Crippen LogP contribution < -0.4 is 5.73 Å². The molecule has 6 heteroatoms. The highest BCUT2D eigenvalue weighted by Gasteiger charge is 2.21. The highest BCUT2D eigenvalue weighted by atomic mass is 16.5. The van der Waals surface area contributed by atoms with E-state index in [9.17, 15) is 0 Å². The molecule has 0 aliphatic carbocycles. The quantitative estimate of drug-likeness (QED) is 0.801. The molecule has 1 saturated heterocycles. The van der Waals surface area contributed by atoms with Gasteiger partial charge in [-0.2, -0.15) is 4.98 Å². The zero-order valence-corrected chi connectivity index (χ0v) is 10.6. The highest BCUT2D eigenvalue weighted by molar-refractivity contribution is 4.87. The van der Waals surface area contributed by atoms with Crippen LogP contribution in [0.3, 0.4) is 0 Å². The van der Waals surface area contributed by atoms with E-state index in [1.807, 2.05) is 0 Å². The molecule has 17 heavy (non-hydrogen) atoms. The number of rotatable bonds is 4. The molecule has 0 spiro atoms. The SMILES string of the molecule is CN1CCC(N(C)Cc2noc(CN)n2)CC1. The summed E-state index contributed by atoms with van der Waals surface area (Å²) in [5, 5.41) is 3.92. The number of hydrogen-bond acceptors (Lipinski definition) is 6. The summed E-state index contributed by atoms with van der Waals surface area (Å²) in [5.74, 6) is 1.24. The summed E-state index contributed by atoms with van der Waals surface area (Å²) in [5.41, 5.74) is 5.44. The van der Waals surface area contributed by atoms with Crippen LogP contribution >= 0.6 is 0 Å². The van der Waals surface area contributed by atoms with Gasteiger partial charge in [-0.15, -0.1) is 0 Å². The molecule has 0 saturated carbocycles. The minimum absolute atomic E-state index is 0.310. The molecule has 2 N–H and O–H groups in total. The first-order valence-electron chi connectivity index (χ1n) is 6.09. The Bertz CT molecular complexity index is 345. The summed E-state index contributed by atoms with van der Waals surface area (Å²) in [6.45, 7) is 3.37. The molecule has 2 heterocycles. The van der Waals surface area contributed by atoms with Crippen LogP contribution in [0.25, 0.3) is 0 Å². The molecule has 1 aromatic heterocycles. The molecule has 1 aliphatic heterocycles. The molecule has 6 nitrogen and oxygen atoms in total. The smallest absolute Gasteiger partial charge is 0.240 e. The molecule has 1 aliphatic rings. The summed E-state index contributed by atoms with van der Waals surface area (Å²) >= 11 is 0. The first-order chi connectivity index (χ1) is 8.19. The van der Waals surface area contributed by atoms with Gasteiger partial charge in [-0.1, -0.05) is 5.16 Å². The molecule has 0 amide bonds. The summed E-state index contributed by atoms with van der Waals surface area (Å²) < 4.78 is 5.00. The van der Waals surface area contributed by atoms with Crippen molar-refractivity contribution in [3.8, 4) is 0 Å². The molecular weight excluding hydrogens is 218 g/mol. The Morgan fingerprint density at radius 2 is 2.18 bits per heavy atom. The lowest BCUT2D eigenvalue weighted by Gasteiger charge is -2.34. The van der Waals surface area contributed by atoms with Crippen LogP contribution in [0.15, 0.2) is 4.52 Å². The number of nitrogens with two attached hydrogens (primary N) is 1. The van der Waals surface area contributed by atoms with Crippen molar-refractivity contribution < 1.29 is 4.52 Å². The van der Waals surface area contributed by atoms with Gasteiger partial charge in [0.2, 0.25) is 5.89 Å². The molecule has 0 aromatic carbocycles. The van der Waals surface area contributed by atoms with Crippen molar-refractivity contribution in [1.82, 2.24) is 19.9 Å². The lowest BCUT2D eigenvalue weighted by Crippen LogP contribution is -2.41. The van der Waals surface area contributed by atoms with Crippen LogP contribution in [0.4, 0.5) is 0 Å². The number of hydrogen-bond donors (Lipinski definition) is 1. The zero-order chi connectivity index (χ0) is 12.3. The van der Waals surface area contributed by atoms with Crippen molar-refractivity contribution in [3.63, 3.8) is 0 Å². The van der Waals surface area contributed by atoms with Crippen LogP contribution in [0.1, 0.15) is 24.6 Å². The fourth-order valence-electron chi connectivity index (χ4n) is 2.23. The fourth-order valence-corrected chi connectivity index (χ4v) is 2.23. The number of likely N-dealkylation sites (tertiary alicyclic amines) is 1.